The summed E-state index contributed by atoms with van der Waals surface area (Å²) >= 11 is 5.68. The minimum Gasteiger partial charge on any atom is -0.464 e. The third-order valence-electron chi connectivity index (χ3n) is 1.41. The number of rotatable bonds is 2. The molecule has 3 heteroatoms. The topological polar surface area (TPSA) is 33.1 Å². The average molecular weight is 194 g/mol. The fourth-order valence-electron chi connectivity index (χ4n) is 0.798. The van der Waals surface area contributed by atoms with Crippen LogP contribution < -0.4 is 0 Å². The first kappa shape index (κ1) is 9.63. The minimum absolute atomic E-state index is 0.0645. The largest absolute Gasteiger partial charge is 0.464 e. The van der Waals surface area contributed by atoms with Crippen LogP contribution in [0.3, 0.4) is 0 Å². The molecule has 0 fully saturated rings. The third-order valence-corrected chi connectivity index (χ3v) is 1.66. The van der Waals surface area contributed by atoms with Gasteiger partial charge in [-0.05, 0) is 24.3 Å². The van der Waals surface area contributed by atoms with Crippen LogP contribution in [0.15, 0.2) is 24.3 Å². The zero-order chi connectivity index (χ0) is 9.68. The van der Waals surface area contributed by atoms with Gasteiger partial charge in [0, 0.05) is 10.6 Å². The second kappa shape index (κ2) is 4.54. The van der Waals surface area contributed by atoms with Gasteiger partial charge in [-0.25, -0.2) is 0 Å². The lowest BCUT2D eigenvalue weighted by Gasteiger charge is -2.03. The first-order valence-electron chi connectivity index (χ1n) is 3.65. The maximum Gasteiger partial charge on any atom is 0.214 e. The van der Waals surface area contributed by atoms with Crippen LogP contribution in [0.4, 0.5) is 0 Å². The van der Waals surface area contributed by atoms with Crippen molar-refractivity contribution in [3.8, 4) is 12.3 Å². The van der Waals surface area contributed by atoms with E-state index in [0.717, 1.165) is 0 Å². The zero-order valence-electron chi connectivity index (χ0n) is 6.88. The van der Waals surface area contributed by atoms with Gasteiger partial charge in [0.1, 0.15) is 0 Å². The Bertz CT molecular complexity index is 337. The van der Waals surface area contributed by atoms with Gasteiger partial charge in [-0.2, -0.15) is 0 Å². The Morgan fingerprint density at radius 1 is 1.46 bits per heavy atom. The Morgan fingerprint density at radius 2 is 2.08 bits per heavy atom. The lowest BCUT2D eigenvalue weighted by atomic mass is 10.2. The molecule has 1 rings (SSSR count). The summed E-state index contributed by atoms with van der Waals surface area (Å²) in [5.74, 6) is 2.36. The number of terminal acetylenes is 1. The van der Waals surface area contributed by atoms with Gasteiger partial charge in [-0.15, -0.1) is 6.42 Å². The predicted molar refractivity (Wildman–Crippen MR) is 53.1 cm³/mol. The number of ether oxygens (including phenoxy) is 1. The molecule has 1 aromatic rings. The Morgan fingerprint density at radius 3 is 2.62 bits per heavy atom. The van der Waals surface area contributed by atoms with Crippen molar-refractivity contribution in [3.05, 3.63) is 34.9 Å². The Labute approximate surface area is 82.0 Å². The Balaban J connectivity index is 2.68. The van der Waals surface area contributed by atoms with E-state index in [9.17, 15) is 0 Å². The number of benzene rings is 1. The van der Waals surface area contributed by atoms with Crippen LogP contribution in [0, 0.1) is 17.8 Å². The molecule has 0 radical (unpaired) electrons. The quantitative estimate of drug-likeness (QED) is 0.437. The van der Waals surface area contributed by atoms with E-state index in [1.54, 1.807) is 24.3 Å². The molecule has 0 aliphatic rings. The standard InChI is InChI=1S/C10H8ClNO/c1-2-7-13-10(12)8-3-5-9(11)6-4-8/h1,3-6,12H,7H2. The van der Waals surface area contributed by atoms with Gasteiger partial charge >= 0.3 is 0 Å². The number of hydrogen-bond acceptors (Lipinski definition) is 2. The second-order valence-corrected chi connectivity index (χ2v) is 2.77. The fraction of sp³-hybridized carbons (Fsp3) is 0.100. The van der Waals surface area contributed by atoms with E-state index in [4.69, 9.17) is 28.2 Å². The van der Waals surface area contributed by atoms with E-state index in [1.807, 2.05) is 0 Å². The molecule has 0 spiro atoms. The van der Waals surface area contributed by atoms with Crippen LogP contribution in [0.2, 0.25) is 5.02 Å². The molecular formula is C10H8ClNO. The second-order valence-electron chi connectivity index (χ2n) is 2.33. The summed E-state index contributed by atoms with van der Waals surface area (Å²) < 4.78 is 4.92. The van der Waals surface area contributed by atoms with Gasteiger partial charge in [0.2, 0.25) is 5.90 Å². The number of hydrogen-bond donors (Lipinski definition) is 1. The smallest absolute Gasteiger partial charge is 0.214 e. The minimum atomic E-state index is 0.0645. The summed E-state index contributed by atoms with van der Waals surface area (Å²) in [6.07, 6.45) is 4.99. The average Bonchev–Trinajstić information content (AvgIpc) is 2.15. The van der Waals surface area contributed by atoms with Crippen molar-refractivity contribution >= 4 is 17.5 Å². The Kier molecular flexibility index (Phi) is 3.36. The van der Waals surface area contributed by atoms with E-state index in [-0.39, 0.29) is 12.5 Å². The monoisotopic (exact) mass is 193 g/mol. The molecule has 0 aliphatic heterocycles. The predicted octanol–water partition coefficient (Wildman–Crippen LogP) is 2.32. The summed E-state index contributed by atoms with van der Waals surface area (Å²) in [5, 5.41) is 8.08. The molecule has 0 aromatic heterocycles. The van der Waals surface area contributed by atoms with Crippen molar-refractivity contribution in [2.45, 2.75) is 0 Å². The first-order valence-corrected chi connectivity index (χ1v) is 4.02. The van der Waals surface area contributed by atoms with Gasteiger partial charge < -0.3 is 4.74 Å². The maximum atomic E-state index is 7.44. The van der Waals surface area contributed by atoms with Gasteiger partial charge in [-0.3, -0.25) is 5.41 Å². The van der Waals surface area contributed by atoms with Crippen LogP contribution in [0.25, 0.3) is 0 Å². The first-order chi connectivity index (χ1) is 6.24. The molecule has 0 bridgehead atoms. The molecule has 2 nitrogen and oxygen atoms in total. The highest BCUT2D eigenvalue weighted by Crippen LogP contribution is 2.10. The van der Waals surface area contributed by atoms with E-state index in [2.05, 4.69) is 5.92 Å². The lowest BCUT2D eigenvalue weighted by molar-refractivity contribution is 0.356. The normalized spacial score (nSPS) is 8.92. The van der Waals surface area contributed by atoms with Crippen LogP contribution >= 0.6 is 11.6 Å². The molecule has 0 amide bonds. The van der Waals surface area contributed by atoms with Gasteiger partial charge in [-0.1, -0.05) is 17.5 Å². The molecule has 0 unspecified atom stereocenters. The highest BCUT2D eigenvalue weighted by Gasteiger charge is 2.00. The van der Waals surface area contributed by atoms with Gasteiger partial charge in [0.15, 0.2) is 6.61 Å². The fourth-order valence-corrected chi connectivity index (χ4v) is 0.924. The molecule has 0 heterocycles. The van der Waals surface area contributed by atoms with E-state index in [1.165, 1.54) is 0 Å². The zero-order valence-corrected chi connectivity index (χ0v) is 7.64. The molecule has 13 heavy (non-hydrogen) atoms. The van der Waals surface area contributed by atoms with Crippen molar-refractivity contribution in [2.24, 2.45) is 0 Å². The van der Waals surface area contributed by atoms with Crippen molar-refractivity contribution in [3.63, 3.8) is 0 Å². The van der Waals surface area contributed by atoms with Crippen molar-refractivity contribution in [1.82, 2.24) is 0 Å². The van der Waals surface area contributed by atoms with Crippen LogP contribution in [0.5, 0.6) is 0 Å². The summed E-state index contributed by atoms with van der Waals surface area (Å²) in [5.41, 5.74) is 0.666. The molecular weight excluding hydrogens is 186 g/mol. The third kappa shape index (κ3) is 2.81. The molecule has 1 aromatic carbocycles. The number of halogens is 1. The van der Waals surface area contributed by atoms with Crippen LogP contribution in [-0.4, -0.2) is 12.5 Å². The van der Waals surface area contributed by atoms with E-state index in [0.29, 0.717) is 10.6 Å². The molecule has 0 aliphatic carbocycles. The molecule has 0 saturated heterocycles. The molecule has 66 valence electrons. The van der Waals surface area contributed by atoms with E-state index >= 15 is 0 Å². The molecule has 0 saturated carbocycles. The van der Waals surface area contributed by atoms with Gasteiger partial charge in [0.25, 0.3) is 0 Å². The number of nitrogens with one attached hydrogen (secondary N) is 1. The maximum absolute atomic E-state index is 7.44. The summed E-state index contributed by atoms with van der Waals surface area (Å²) in [6.45, 7) is 0.113. The van der Waals surface area contributed by atoms with Crippen molar-refractivity contribution in [1.29, 1.82) is 5.41 Å². The summed E-state index contributed by atoms with van der Waals surface area (Å²) in [7, 11) is 0. The highest BCUT2D eigenvalue weighted by atomic mass is 35.5. The van der Waals surface area contributed by atoms with Gasteiger partial charge in [0.05, 0.1) is 0 Å². The molecule has 1 N–H and O–H groups in total. The van der Waals surface area contributed by atoms with Crippen LogP contribution in [-0.2, 0) is 4.74 Å². The highest BCUT2D eigenvalue weighted by molar-refractivity contribution is 6.30. The summed E-state index contributed by atoms with van der Waals surface area (Å²) in [6, 6.07) is 6.82. The lowest BCUT2D eigenvalue weighted by Crippen LogP contribution is -2.04. The van der Waals surface area contributed by atoms with E-state index < -0.39 is 0 Å². The Hall–Kier alpha value is -1.46. The molecule has 0 atom stereocenters. The van der Waals surface area contributed by atoms with Crippen LogP contribution in [0.1, 0.15) is 5.56 Å². The summed E-state index contributed by atoms with van der Waals surface area (Å²) in [4.78, 5) is 0. The van der Waals surface area contributed by atoms with Crippen molar-refractivity contribution < 1.29 is 4.74 Å². The SMILES string of the molecule is C#CCOC(=N)c1ccc(Cl)cc1. The van der Waals surface area contributed by atoms with Crippen molar-refractivity contribution in [2.75, 3.05) is 6.61 Å².